The van der Waals surface area contributed by atoms with Gasteiger partial charge in [-0.25, -0.2) is 4.98 Å². The molecule has 0 N–H and O–H groups in total. The lowest BCUT2D eigenvalue weighted by Crippen LogP contribution is -2.21. The van der Waals surface area contributed by atoms with Crippen molar-refractivity contribution in [2.75, 3.05) is 6.61 Å². The van der Waals surface area contributed by atoms with Crippen molar-refractivity contribution in [1.82, 2.24) is 15.1 Å². The second-order valence-electron chi connectivity index (χ2n) is 9.52. The Morgan fingerprint density at radius 1 is 1.00 bits per heavy atom. The third-order valence-corrected chi connectivity index (χ3v) is 6.24. The van der Waals surface area contributed by atoms with E-state index in [1.54, 1.807) is 6.26 Å². The van der Waals surface area contributed by atoms with E-state index < -0.39 is 5.79 Å². The standard InChI is InChI=1S/C28H35N3O4/c1-8-19(9-2)23-11-17(4)12-24(29-23)27-30-26(31-35-27)21-13-18(5)25(20(10-3)14-21)32-15-22-16-33-28(6,7)34-22/h11-14,16,19H,8-10,15H2,1-7H3. The first-order valence-electron chi connectivity index (χ1n) is 12.4. The first kappa shape index (κ1) is 24.8. The molecule has 0 spiro atoms. The molecule has 0 fully saturated rings. The van der Waals surface area contributed by atoms with Crippen LogP contribution in [0.25, 0.3) is 23.0 Å². The highest BCUT2D eigenvalue weighted by Crippen LogP contribution is 2.33. The van der Waals surface area contributed by atoms with Crippen LogP contribution < -0.4 is 4.74 Å². The van der Waals surface area contributed by atoms with Crippen molar-refractivity contribution in [2.45, 2.75) is 79.4 Å². The van der Waals surface area contributed by atoms with Gasteiger partial charge in [-0.3, -0.25) is 0 Å². The fourth-order valence-electron chi connectivity index (χ4n) is 4.39. The quantitative estimate of drug-likeness (QED) is 0.332. The molecular formula is C28H35N3O4. The van der Waals surface area contributed by atoms with Gasteiger partial charge in [-0.05, 0) is 74.1 Å². The van der Waals surface area contributed by atoms with E-state index in [2.05, 4.69) is 50.0 Å². The number of rotatable bonds is 9. The minimum Gasteiger partial charge on any atom is -0.485 e. The zero-order valence-corrected chi connectivity index (χ0v) is 21.8. The molecule has 0 radical (unpaired) electrons. The summed E-state index contributed by atoms with van der Waals surface area (Å²) in [7, 11) is 0. The Bertz CT molecular complexity index is 1220. The Labute approximate surface area is 207 Å². The van der Waals surface area contributed by atoms with Gasteiger partial charge in [-0.15, -0.1) is 0 Å². The van der Waals surface area contributed by atoms with E-state index in [9.17, 15) is 0 Å². The number of aryl methyl sites for hydroxylation is 3. The molecule has 35 heavy (non-hydrogen) atoms. The van der Waals surface area contributed by atoms with Gasteiger partial charge in [0.2, 0.25) is 11.6 Å². The van der Waals surface area contributed by atoms with Crippen LogP contribution in [0.4, 0.5) is 0 Å². The van der Waals surface area contributed by atoms with E-state index in [1.807, 2.05) is 32.9 Å². The second-order valence-corrected chi connectivity index (χ2v) is 9.52. The predicted molar refractivity (Wildman–Crippen MR) is 135 cm³/mol. The van der Waals surface area contributed by atoms with Gasteiger partial charge in [0.25, 0.3) is 5.89 Å². The zero-order chi connectivity index (χ0) is 25.2. The third-order valence-electron chi connectivity index (χ3n) is 6.24. The van der Waals surface area contributed by atoms with Crippen LogP contribution in [-0.2, 0) is 15.9 Å². The van der Waals surface area contributed by atoms with Gasteiger partial charge in [0.05, 0.1) is 0 Å². The maximum atomic E-state index is 6.12. The summed E-state index contributed by atoms with van der Waals surface area (Å²) in [5.74, 6) is 2.24. The number of pyridine rings is 1. The van der Waals surface area contributed by atoms with Crippen LogP contribution in [0.2, 0.25) is 0 Å². The molecular weight excluding hydrogens is 442 g/mol. The molecule has 0 amide bonds. The Hall–Kier alpha value is -3.35. The van der Waals surface area contributed by atoms with Gasteiger partial charge in [0.1, 0.15) is 24.3 Å². The van der Waals surface area contributed by atoms with Crippen molar-refractivity contribution in [3.8, 4) is 28.7 Å². The van der Waals surface area contributed by atoms with Crippen LogP contribution in [0.1, 0.15) is 75.8 Å². The normalized spacial score (nSPS) is 14.6. The van der Waals surface area contributed by atoms with E-state index in [1.165, 1.54) is 0 Å². The van der Waals surface area contributed by atoms with Gasteiger partial charge >= 0.3 is 0 Å². The molecule has 0 bridgehead atoms. The van der Waals surface area contributed by atoms with Crippen LogP contribution in [0.3, 0.4) is 0 Å². The monoisotopic (exact) mass is 477 g/mol. The SMILES string of the molecule is CCc1cc(-c2noc(-c3cc(C)cc(C(CC)CC)n3)n2)cc(C)c1OCC1=COC(C)(C)O1. The molecule has 2 aromatic heterocycles. The third kappa shape index (κ3) is 5.50. The van der Waals surface area contributed by atoms with Crippen molar-refractivity contribution < 1.29 is 18.7 Å². The molecule has 0 unspecified atom stereocenters. The summed E-state index contributed by atoms with van der Waals surface area (Å²) < 4.78 is 23.0. The fourth-order valence-corrected chi connectivity index (χ4v) is 4.39. The zero-order valence-electron chi connectivity index (χ0n) is 21.8. The lowest BCUT2D eigenvalue weighted by atomic mass is 9.97. The molecule has 4 rings (SSSR count). The summed E-state index contributed by atoms with van der Waals surface area (Å²) in [6.45, 7) is 14.6. The van der Waals surface area contributed by atoms with Crippen LogP contribution in [0.5, 0.6) is 5.75 Å². The van der Waals surface area contributed by atoms with Gasteiger partial charge in [0.15, 0.2) is 5.76 Å². The van der Waals surface area contributed by atoms with Gasteiger partial charge in [0, 0.05) is 31.0 Å². The second kappa shape index (κ2) is 10.1. The summed E-state index contributed by atoms with van der Waals surface area (Å²) in [6, 6.07) is 8.22. The summed E-state index contributed by atoms with van der Waals surface area (Å²) in [4.78, 5) is 9.54. The van der Waals surface area contributed by atoms with Crippen LogP contribution in [0.15, 0.2) is 40.8 Å². The lowest BCUT2D eigenvalue weighted by Gasteiger charge is -2.19. The average Bonchev–Trinajstić information content (AvgIpc) is 3.45. The Kier molecular flexibility index (Phi) is 7.15. The molecule has 0 saturated carbocycles. The largest absolute Gasteiger partial charge is 0.485 e. The summed E-state index contributed by atoms with van der Waals surface area (Å²) in [6.07, 6.45) is 4.51. The van der Waals surface area contributed by atoms with Crippen molar-refractivity contribution in [3.05, 3.63) is 58.7 Å². The van der Waals surface area contributed by atoms with Gasteiger partial charge in [-0.1, -0.05) is 25.9 Å². The summed E-state index contributed by atoms with van der Waals surface area (Å²) >= 11 is 0. The molecule has 186 valence electrons. The van der Waals surface area contributed by atoms with Crippen LogP contribution >= 0.6 is 0 Å². The van der Waals surface area contributed by atoms with Crippen molar-refractivity contribution in [3.63, 3.8) is 0 Å². The van der Waals surface area contributed by atoms with E-state index in [4.69, 9.17) is 23.7 Å². The van der Waals surface area contributed by atoms with Crippen molar-refractivity contribution in [2.24, 2.45) is 0 Å². The maximum absolute atomic E-state index is 6.12. The van der Waals surface area contributed by atoms with E-state index in [-0.39, 0.29) is 0 Å². The molecule has 0 saturated heterocycles. The van der Waals surface area contributed by atoms with Crippen LogP contribution in [0, 0.1) is 13.8 Å². The van der Waals surface area contributed by atoms with Gasteiger partial charge < -0.3 is 18.7 Å². The molecule has 7 nitrogen and oxygen atoms in total. The number of nitrogens with zero attached hydrogens (tertiary/aromatic N) is 3. The molecule has 1 aromatic carbocycles. The molecule has 1 aliphatic heterocycles. The Morgan fingerprint density at radius 2 is 1.77 bits per heavy atom. The minimum atomic E-state index is -0.650. The highest BCUT2D eigenvalue weighted by Gasteiger charge is 2.28. The van der Waals surface area contributed by atoms with E-state index >= 15 is 0 Å². The molecule has 0 atom stereocenters. The lowest BCUT2D eigenvalue weighted by molar-refractivity contribution is -0.119. The minimum absolute atomic E-state index is 0.306. The number of benzene rings is 1. The topological polar surface area (TPSA) is 79.5 Å². The van der Waals surface area contributed by atoms with Crippen molar-refractivity contribution >= 4 is 0 Å². The van der Waals surface area contributed by atoms with E-state index in [0.29, 0.717) is 35.7 Å². The highest BCUT2D eigenvalue weighted by atomic mass is 16.7. The number of hydrogen-bond acceptors (Lipinski definition) is 7. The smallest absolute Gasteiger partial charge is 0.276 e. The summed E-state index contributed by atoms with van der Waals surface area (Å²) in [5.41, 5.74) is 5.87. The first-order chi connectivity index (χ1) is 16.7. The maximum Gasteiger partial charge on any atom is 0.276 e. The van der Waals surface area contributed by atoms with Crippen molar-refractivity contribution in [1.29, 1.82) is 0 Å². The number of ether oxygens (including phenoxy) is 3. The van der Waals surface area contributed by atoms with E-state index in [0.717, 1.165) is 53.0 Å². The highest BCUT2D eigenvalue weighted by molar-refractivity contribution is 5.63. The molecule has 0 aliphatic carbocycles. The Balaban J connectivity index is 1.58. The Morgan fingerprint density at radius 3 is 2.43 bits per heavy atom. The predicted octanol–water partition coefficient (Wildman–Crippen LogP) is 6.88. The van der Waals surface area contributed by atoms with Gasteiger partial charge in [-0.2, -0.15) is 4.98 Å². The number of hydrogen-bond donors (Lipinski definition) is 0. The molecule has 1 aliphatic rings. The molecule has 3 aromatic rings. The average molecular weight is 478 g/mol. The van der Waals surface area contributed by atoms with Crippen LogP contribution in [-0.4, -0.2) is 27.5 Å². The first-order valence-corrected chi connectivity index (χ1v) is 12.4. The number of aromatic nitrogens is 3. The fraction of sp³-hybridized carbons (Fsp3) is 0.464. The molecule has 3 heterocycles. The summed E-state index contributed by atoms with van der Waals surface area (Å²) in [5, 5.41) is 4.27. The molecule has 7 heteroatoms.